The normalized spacial score (nSPS) is 13.5. The Labute approximate surface area is 186 Å². The maximum Gasteiger partial charge on any atom is 0.164 e. The maximum absolute atomic E-state index is 11.6. The van der Waals surface area contributed by atoms with Gasteiger partial charge in [0.15, 0.2) is 5.78 Å². The van der Waals surface area contributed by atoms with Crippen LogP contribution in [0.25, 0.3) is 0 Å². The van der Waals surface area contributed by atoms with Gasteiger partial charge in [0.05, 0.1) is 6.61 Å². The molecule has 0 heterocycles. The monoisotopic (exact) mass is 428 g/mol. The van der Waals surface area contributed by atoms with E-state index in [1.54, 1.807) is 0 Å². The minimum Gasteiger partial charge on any atom is -0.394 e. The number of aliphatic hydroxyl groups is 3. The van der Waals surface area contributed by atoms with Crippen LogP contribution in [0.15, 0.2) is 0 Å². The van der Waals surface area contributed by atoms with Crippen LogP contribution in [0.4, 0.5) is 0 Å². The maximum atomic E-state index is 11.6. The summed E-state index contributed by atoms with van der Waals surface area (Å²) in [5.41, 5.74) is 0. The van der Waals surface area contributed by atoms with E-state index in [1.807, 2.05) is 0 Å². The predicted octanol–water partition coefficient (Wildman–Crippen LogP) is 6.48. The van der Waals surface area contributed by atoms with Crippen molar-refractivity contribution in [3.05, 3.63) is 0 Å². The van der Waals surface area contributed by atoms with Crippen LogP contribution in [0, 0.1) is 0 Å². The molecule has 3 N–H and O–H groups in total. The van der Waals surface area contributed by atoms with Crippen molar-refractivity contribution < 1.29 is 20.1 Å². The van der Waals surface area contributed by atoms with Gasteiger partial charge in [-0.3, -0.25) is 4.79 Å². The molecule has 0 aromatic heterocycles. The number of ketones is 1. The molecule has 2 atom stereocenters. The quantitative estimate of drug-likeness (QED) is 0.154. The average Bonchev–Trinajstić information content (AvgIpc) is 2.76. The van der Waals surface area contributed by atoms with Crippen molar-refractivity contribution in [1.29, 1.82) is 0 Å². The molecular weight excluding hydrogens is 376 g/mol. The molecule has 2 unspecified atom stereocenters. The number of hydrogen-bond acceptors (Lipinski definition) is 4. The largest absolute Gasteiger partial charge is 0.394 e. The van der Waals surface area contributed by atoms with Gasteiger partial charge in [0.25, 0.3) is 0 Å². The Bertz CT molecular complexity index is 359. The van der Waals surface area contributed by atoms with Gasteiger partial charge in [0.2, 0.25) is 0 Å². The minimum absolute atomic E-state index is 0.289. The predicted molar refractivity (Wildman–Crippen MR) is 127 cm³/mol. The summed E-state index contributed by atoms with van der Waals surface area (Å²) < 4.78 is 0. The second kappa shape index (κ2) is 23.2. The standard InChI is InChI=1S/C26H52O4/c1-2-3-4-5-6-7-8-9-10-11-12-13-14-15-16-17-18-19-20-21-22-24(28)26(30)25(29)23-27/h25-27,29-30H,2-23H2,1H3. The van der Waals surface area contributed by atoms with Crippen molar-refractivity contribution in [2.24, 2.45) is 0 Å². The Hall–Kier alpha value is -0.450. The molecule has 0 aromatic carbocycles. The Morgan fingerprint density at radius 3 is 1.17 bits per heavy atom. The van der Waals surface area contributed by atoms with Gasteiger partial charge in [-0.2, -0.15) is 0 Å². The number of hydrogen-bond donors (Lipinski definition) is 3. The summed E-state index contributed by atoms with van der Waals surface area (Å²) in [5.74, 6) is -0.362. The zero-order valence-corrected chi connectivity index (χ0v) is 20.0. The lowest BCUT2D eigenvalue weighted by Gasteiger charge is -2.13. The molecule has 0 saturated carbocycles. The molecule has 30 heavy (non-hydrogen) atoms. The van der Waals surface area contributed by atoms with E-state index in [9.17, 15) is 15.0 Å². The fourth-order valence-corrected chi connectivity index (χ4v) is 4.02. The number of Topliss-reactive ketones (excluding diaryl/α,β-unsaturated/α-hetero) is 1. The first kappa shape index (κ1) is 29.5. The van der Waals surface area contributed by atoms with Crippen molar-refractivity contribution in [3.8, 4) is 0 Å². The van der Waals surface area contributed by atoms with Crippen LogP contribution in [0.3, 0.4) is 0 Å². The summed E-state index contributed by atoms with van der Waals surface area (Å²) >= 11 is 0. The third kappa shape index (κ3) is 19.5. The van der Waals surface area contributed by atoms with Crippen molar-refractivity contribution >= 4 is 5.78 Å². The number of unbranched alkanes of at least 4 members (excludes halogenated alkanes) is 19. The Kier molecular flexibility index (Phi) is 22.9. The SMILES string of the molecule is CCCCCCCCCCCCCCCCCCCCCCC(=O)C(O)C(O)CO. The summed E-state index contributed by atoms with van der Waals surface area (Å²) in [6.07, 6.45) is 23.9. The fraction of sp³-hybridized carbons (Fsp3) is 0.962. The van der Waals surface area contributed by atoms with Gasteiger partial charge in [-0.15, -0.1) is 0 Å². The summed E-state index contributed by atoms with van der Waals surface area (Å²) in [4.78, 5) is 11.6. The number of rotatable bonds is 24. The first-order valence-electron chi connectivity index (χ1n) is 13.1. The van der Waals surface area contributed by atoms with E-state index >= 15 is 0 Å². The van der Waals surface area contributed by atoms with Crippen LogP contribution < -0.4 is 0 Å². The highest BCUT2D eigenvalue weighted by atomic mass is 16.4. The molecule has 0 bridgehead atoms. The first-order valence-corrected chi connectivity index (χ1v) is 13.1. The van der Waals surface area contributed by atoms with Gasteiger partial charge in [0.1, 0.15) is 12.2 Å². The van der Waals surface area contributed by atoms with Crippen LogP contribution in [0.2, 0.25) is 0 Å². The second-order valence-corrected chi connectivity index (χ2v) is 9.13. The molecule has 0 aliphatic carbocycles. The van der Waals surface area contributed by atoms with E-state index in [0.717, 1.165) is 19.3 Å². The van der Waals surface area contributed by atoms with E-state index in [1.165, 1.54) is 109 Å². The minimum atomic E-state index is -1.43. The molecular formula is C26H52O4. The van der Waals surface area contributed by atoms with Gasteiger partial charge in [-0.25, -0.2) is 0 Å². The first-order chi connectivity index (χ1) is 14.6. The van der Waals surface area contributed by atoms with E-state index in [-0.39, 0.29) is 12.2 Å². The molecule has 0 aliphatic heterocycles. The van der Waals surface area contributed by atoms with Crippen molar-refractivity contribution in [2.75, 3.05) is 6.61 Å². The average molecular weight is 429 g/mol. The highest BCUT2D eigenvalue weighted by molar-refractivity contribution is 5.83. The Balaban J connectivity index is 3.17. The van der Waals surface area contributed by atoms with Gasteiger partial charge < -0.3 is 15.3 Å². The highest BCUT2D eigenvalue weighted by Gasteiger charge is 2.22. The summed E-state index contributed by atoms with van der Waals surface area (Å²) in [5, 5.41) is 27.5. The molecule has 4 heteroatoms. The Morgan fingerprint density at radius 1 is 0.567 bits per heavy atom. The van der Waals surface area contributed by atoms with Gasteiger partial charge >= 0.3 is 0 Å². The zero-order valence-electron chi connectivity index (χ0n) is 20.0. The molecule has 0 aliphatic rings. The summed E-state index contributed by atoms with van der Waals surface area (Å²) in [6, 6.07) is 0. The highest BCUT2D eigenvalue weighted by Crippen LogP contribution is 2.15. The smallest absolute Gasteiger partial charge is 0.164 e. The molecule has 0 rings (SSSR count). The van der Waals surface area contributed by atoms with Crippen molar-refractivity contribution in [1.82, 2.24) is 0 Å². The van der Waals surface area contributed by atoms with Gasteiger partial charge in [0, 0.05) is 6.42 Å². The summed E-state index contributed by atoms with van der Waals surface area (Å²) in [6.45, 7) is 1.70. The van der Waals surface area contributed by atoms with E-state index in [4.69, 9.17) is 5.11 Å². The lowest BCUT2D eigenvalue weighted by molar-refractivity contribution is -0.134. The lowest BCUT2D eigenvalue weighted by Crippen LogP contribution is -2.36. The van der Waals surface area contributed by atoms with Crippen LogP contribution in [-0.4, -0.2) is 39.9 Å². The molecule has 0 radical (unpaired) electrons. The summed E-state index contributed by atoms with van der Waals surface area (Å²) in [7, 11) is 0. The molecule has 0 amide bonds. The molecule has 0 fully saturated rings. The third-order valence-corrected chi connectivity index (χ3v) is 6.16. The lowest BCUT2D eigenvalue weighted by atomic mass is 10.0. The van der Waals surface area contributed by atoms with Crippen LogP contribution in [0.1, 0.15) is 142 Å². The van der Waals surface area contributed by atoms with Crippen LogP contribution >= 0.6 is 0 Å². The topological polar surface area (TPSA) is 77.8 Å². The van der Waals surface area contributed by atoms with Crippen LogP contribution in [-0.2, 0) is 4.79 Å². The van der Waals surface area contributed by atoms with Crippen molar-refractivity contribution in [3.63, 3.8) is 0 Å². The van der Waals surface area contributed by atoms with E-state index in [0.29, 0.717) is 0 Å². The Morgan fingerprint density at radius 2 is 0.867 bits per heavy atom. The third-order valence-electron chi connectivity index (χ3n) is 6.16. The van der Waals surface area contributed by atoms with Crippen LogP contribution in [0.5, 0.6) is 0 Å². The second-order valence-electron chi connectivity index (χ2n) is 9.13. The number of carbonyl (C=O) groups is 1. The zero-order chi connectivity index (χ0) is 22.3. The van der Waals surface area contributed by atoms with Gasteiger partial charge in [-0.05, 0) is 6.42 Å². The molecule has 0 aromatic rings. The van der Waals surface area contributed by atoms with Crippen molar-refractivity contribution in [2.45, 2.75) is 154 Å². The molecule has 4 nitrogen and oxygen atoms in total. The number of carbonyl (C=O) groups excluding carboxylic acids is 1. The fourth-order valence-electron chi connectivity index (χ4n) is 4.02. The number of aliphatic hydroxyl groups excluding tert-OH is 3. The molecule has 0 saturated heterocycles. The molecule has 0 spiro atoms. The van der Waals surface area contributed by atoms with E-state index in [2.05, 4.69) is 6.92 Å². The van der Waals surface area contributed by atoms with E-state index < -0.39 is 18.8 Å². The van der Waals surface area contributed by atoms with Gasteiger partial charge in [-0.1, -0.05) is 129 Å². The molecule has 180 valence electrons.